The van der Waals surface area contributed by atoms with Crippen LogP contribution in [0.15, 0.2) is 36.5 Å². The third-order valence-electron chi connectivity index (χ3n) is 3.07. The summed E-state index contributed by atoms with van der Waals surface area (Å²) in [5, 5.41) is 10.6. The first-order valence-corrected chi connectivity index (χ1v) is 7.28. The Kier molecular flexibility index (Phi) is 3.75. The fourth-order valence-electron chi connectivity index (χ4n) is 1.97. The maximum absolute atomic E-state index is 13.9. The van der Waals surface area contributed by atoms with Gasteiger partial charge in [-0.1, -0.05) is 0 Å². The van der Waals surface area contributed by atoms with Crippen LogP contribution in [-0.4, -0.2) is 15.7 Å². The third-order valence-corrected chi connectivity index (χ3v) is 4.31. The summed E-state index contributed by atoms with van der Waals surface area (Å²) in [7, 11) is 0. The van der Waals surface area contributed by atoms with Crippen molar-refractivity contribution >= 4 is 33.0 Å². The van der Waals surface area contributed by atoms with E-state index in [0.29, 0.717) is 20.8 Å². The number of nitro groups is 1. The minimum atomic E-state index is -0.840. The van der Waals surface area contributed by atoms with E-state index in [1.807, 2.05) is 0 Å². The molecule has 0 spiro atoms. The van der Waals surface area contributed by atoms with E-state index in [1.54, 1.807) is 12.1 Å². The molecule has 0 atom stereocenters. The van der Waals surface area contributed by atoms with Crippen LogP contribution in [0.4, 0.5) is 10.1 Å². The van der Waals surface area contributed by atoms with Crippen molar-refractivity contribution in [2.24, 2.45) is 0 Å². The summed E-state index contributed by atoms with van der Waals surface area (Å²) in [6.45, 7) is 1.45. The lowest BCUT2D eigenvalue weighted by atomic mass is 10.3. The van der Waals surface area contributed by atoms with Gasteiger partial charge in [-0.3, -0.25) is 19.9 Å². The fourth-order valence-corrected chi connectivity index (χ4v) is 2.93. The predicted molar refractivity (Wildman–Crippen MR) is 82.8 cm³/mol. The van der Waals surface area contributed by atoms with Gasteiger partial charge in [0.05, 0.1) is 26.1 Å². The molecule has 0 aliphatic carbocycles. The van der Waals surface area contributed by atoms with Crippen LogP contribution in [-0.2, 0) is 0 Å². The van der Waals surface area contributed by atoms with Gasteiger partial charge in [0.2, 0.25) is 0 Å². The summed E-state index contributed by atoms with van der Waals surface area (Å²) in [5.41, 5.74) is 0.213. The first kappa shape index (κ1) is 15.0. The average molecular weight is 332 g/mol. The maximum Gasteiger partial charge on any atom is 0.272 e. The molecular weight excluding hydrogens is 323 g/mol. The summed E-state index contributed by atoms with van der Waals surface area (Å²) >= 11 is 1.20. The lowest BCUT2D eigenvalue weighted by Crippen LogP contribution is -1.92. The Balaban J connectivity index is 2.01. The summed E-state index contributed by atoms with van der Waals surface area (Å²) in [5.74, 6) is -0.742. The molecule has 0 aliphatic rings. The summed E-state index contributed by atoms with van der Waals surface area (Å²) in [6.07, 6.45) is 1.48. The number of pyridine rings is 1. The van der Waals surface area contributed by atoms with Crippen LogP contribution in [0.3, 0.4) is 0 Å². The lowest BCUT2D eigenvalue weighted by molar-refractivity contribution is -0.385. The van der Waals surface area contributed by atoms with Crippen molar-refractivity contribution in [2.45, 2.75) is 6.92 Å². The van der Waals surface area contributed by atoms with Crippen LogP contribution >= 0.6 is 11.3 Å². The highest BCUT2D eigenvalue weighted by Gasteiger charge is 2.15. The summed E-state index contributed by atoms with van der Waals surface area (Å²) < 4.78 is 20.1. The topological polar surface area (TPSA) is 82.3 Å². The van der Waals surface area contributed by atoms with Gasteiger partial charge in [-0.25, -0.2) is 4.39 Å². The number of hydrogen-bond acceptors (Lipinski definition) is 6. The van der Waals surface area contributed by atoms with E-state index in [-0.39, 0.29) is 17.2 Å². The molecule has 0 unspecified atom stereocenters. The molecule has 0 saturated carbocycles. The number of nitrogens with zero attached hydrogens (tertiary/aromatic N) is 2. The molecule has 6 nitrogen and oxygen atoms in total. The zero-order chi connectivity index (χ0) is 16.6. The van der Waals surface area contributed by atoms with Gasteiger partial charge in [-0.15, -0.1) is 11.3 Å². The first-order chi connectivity index (χ1) is 11.0. The minimum absolute atomic E-state index is 0.0968. The number of benzene rings is 1. The van der Waals surface area contributed by atoms with Gasteiger partial charge in [0, 0.05) is 18.3 Å². The molecule has 2 aromatic heterocycles. The Morgan fingerprint density at radius 3 is 2.74 bits per heavy atom. The zero-order valence-corrected chi connectivity index (χ0v) is 12.6. The van der Waals surface area contributed by atoms with Gasteiger partial charge >= 0.3 is 0 Å². The Morgan fingerprint density at radius 2 is 2.09 bits per heavy atom. The number of ketones is 1. The summed E-state index contributed by atoms with van der Waals surface area (Å²) in [4.78, 5) is 26.1. The molecule has 23 heavy (non-hydrogen) atoms. The van der Waals surface area contributed by atoms with E-state index in [1.165, 1.54) is 30.5 Å². The van der Waals surface area contributed by atoms with Crippen LogP contribution in [0.2, 0.25) is 0 Å². The molecule has 2 heterocycles. The molecular formula is C15H9FN2O4S. The van der Waals surface area contributed by atoms with Crippen LogP contribution < -0.4 is 4.74 Å². The second-order valence-electron chi connectivity index (χ2n) is 4.66. The molecule has 0 bridgehead atoms. The number of carbonyl (C=O) groups excluding carboxylic acids is 1. The van der Waals surface area contributed by atoms with Gasteiger partial charge in [0.25, 0.3) is 5.69 Å². The standard InChI is InChI=1S/C15H9FN2O4S/c1-8(19)14-7-11-15(23-14)13(4-5-17-11)22-12-3-2-9(18(20)21)6-10(12)16/h2-7H,1H3. The molecule has 0 fully saturated rings. The number of nitro benzene ring substituents is 1. The smallest absolute Gasteiger partial charge is 0.272 e. The Morgan fingerprint density at radius 1 is 1.30 bits per heavy atom. The SMILES string of the molecule is CC(=O)c1cc2nccc(Oc3ccc([N+](=O)[O-])cc3F)c2s1. The molecule has 8 heteroatoms. The lowest BCUT2D eigenvalue weighted by Gasteiger charge is -2.07. The van der Waals surface area contributed by atoms with E-state index in [9.17, 15) is 19.3 Å². The molecule has 0 N–H and O–H groups in total. The maximum atomic E-state index is 13.9. The molecule has 0 aliphatic heterocycles. The van der Waals surface area contributed by atoms with E-state index in [0.717, 1.165) is 12.1 Å². The quantitative estimate of drug-likeness (QED) is 0.403. The number of non-ortho nitro benzene ring substituents is 1. The van der Waals surface area contributed by atoms with E-state index >= 15 is 0 Å². The summed E-state index contributed by atoms with van der Waals surface area (Å²) in [6, 6.07) is 6.33. The molecule has 0 saturated heterocycles. The average Bonchev–Trinajstić information content (AvgIpc) is 2.94. The Hall–Kier alpha value is -2.87. The second-order valence-corrected chi connectivity index (χ2v) is 5.72. The molecule has 3 rings (SSSR count). The second kappa shape index (κ2) is 5.73. The van der Waals surface area contributed by atoms with Crippen LogP contribution in [0.1, 0.15) is 16.6 Å². The number of fused-ring (bicyclic) bond motifs is 1. The number of thiophene rings is 1. The number of hydrogen-bond donors (Lipinski definition) is 0. The molecule has 116 valence electrons. The predicted octanol–water partition coefficient (Wildman–Crippen LogP) is 4.34. The minimum Gasteiger partial charge on any atom is -0.453 e. The zero-order valence-electron chi connectivity index (χ0n) is 11.8. The molecule has 3 aromatic rings. The highest BCUT2D eigenvalue weighted by Crippen LogP contribution is 2.36. The Bertz CT molecular complexity index is 938. The number of halogens is 1. The van der Waals surface area contributed by atoms with Crippen molar-refractivity contribution in [3.05, 3.63) is 57.3 Å². The van der Waals surface area contributed by atoms with Crippen LogP contribution in [0.5, 0.6) is 11.5 Å². The van der Waals surface area contributed by atoms with Gasteiger partial charge in [0.1, 0.15) is 5.75 Å². The highest BCUT2D eigenvalue weighted by molar-refractivity contribution is 7.21. The van der Waals surface area contributed by atoms with Crippen LogP contribution in [0.25, 0.3) is 10.2 Å². The first-order valence-electron chi connectivity index (χ1n) is 6.47. The van der Waals surface area contributed by atoms with E-state index in [4.69, 9.17) is 4.74 Å². The van der Waals surface area contributed by atoms with E-state index < -0.39 is 10.7 Å². The number of ether oxygens (including phenoxy) is 1. The number of carbonyl (C=O) groups is 1. The van der Waals surface area contributed by atoms with Gasteiger partial charge in [0.15, 0.2) is 17.3 Å². The van der Waals surface area contributed by atoms with Crippen molar-refractivity contribution < 1.29 is 18.8 Å². The Labute approximate surface area is 133 Å². The number of aromatic nitrogens is 1. The fraction of sp³-hybridized carbons (Fsp3) is 0.0667. The molecule has 0 radical (unpaired) electrons. The molecule has 0 amide bonds. The van der Waals surface area contributed by atoms with Crippen molar-refractivity contribution in [1.29, 1.82) is 0 Å². The van der Waals surface area contributed by atoms with Crippen molar-refractivity contribution in [1.82, 2.24) is 4.98 Å². The monoisotopic (exact) mass is 332 g/mol. The normalized spacial score (nSPS) is 10.7. The van der Waals surface area contributed by atoms with Gasteiger partial charge in [-0.05, 0) is 19.1 Å². The van der Waals surface area contributed by atoms with Gasteiger partial charge in [-0.2, -0.15) is 0 Å². The largest absolute Gasteiger partial charge is 0.453 e. The van der Waals surface area contributed by atoms with E-state index in [2.05, 4.69) is 4.98 Å². The number of Topliss-reactive ketones (excluding diaryl/α,β-unsaturated/α-hetero) is 1. The van der Waals surface area contributed by atoms with Crippen molar-refractivity contribution in [3.63, 3.8) is 0 Å². The van der Waals surface area contributed by atoms with Gasteiger partial charge < -0.3 is 4.74 Å². The van der Waals surface area contributed by atoms with Crippen LogP contribution in [0, 0.1) is 15.9 Å². The number of rotatable bonds is 4. The third kappa shape index (κ3) is 2.88. The molecule has 1 aromatic carbocycles. The van der Waals surface area contributed by atoms with Crippen molar-refractivity contribution in [3.8, 4) is 11.5 Å². The highest BCUT2D eigenvalue weighted by atomic mass is 32.1. The van der Waals surface area contributed by atoms with Crippen molar-refractivity contribution in [2.75, 3.05) is 0 Å².